The van der Waals surface area contributed by atoms with Gasteiger partial charge in [0.2, 0.25) is 0 Å². The van der Waals surface area contributed by atoms with Crippen LogP contribution < -0.4 is 15.4 Å². The van der Waals surface area contributed by atoms with E-state index in [2.05, 4.69) is 15.6 Å². The lowest BCUT2D eigenvalue weighted by Gasteiger charge is -2.10. The quantitative estimate of drug-likeness (QED) is 0.597. The number of pyridine rings is 1. The Labute approximate surface area is 163 Å². The molecular formula is C21H20ClN3O2. The van der Waals surface area contributed by atoms with Gasteiger partial charge in [-0.2, -0.15) is 0 Å². The molecule has 0 unspecified atom stereocenters. The first-order valence-corrected chi connectivity index (χ1v) is 8.97. The highest BCUT2D eigenvalue weighted by Crippen LogP contribution is 2.24. The molecule has 0 fully saturated rings. The van der Waals surface area contributed by atoms with Crippen LogP contribution in [0.1, 0.15) is 23.0 Å². The van der Waals surface area contributed by atoms with E-state index >= 15 is 0 Å². The normalized spacial score (nSPS) is 10.3. The van der Waals surface area contributed by atoms with Crippen LogP contribution in [0.15, 0.2) is 60.8 Å². The Hall–Kier alpha value is -3.05. The summed E-state index contributed by atoms with van der Waals surface area (Å²) in [5, 5.41) is 6.68. The Morgan fingerprint density at radius 1 is 1.07 bits per heavy atom. The molecule has 3 aromatic rings. The Balaban J connectivity index is 1.65. The summed E-state index contributed by atoms with van der Waals surface area (Å²) in [5.74, 6) is 0.539. The van der Waals surface area contributed by atoms with Gasteiger partial charge in [0.1, 0.15) is 11.4 Å². The maximum atomic E-state index is 12.4. The second-order valence-electron chi connectivity index (χ2n) is 5.88. The number of ether oxygens (including phenoxy) is 1. The van der Waals surface area contributed by atoms with E-state index in [9.17, 15) is 4.79 Å². The van der Waals surface area contributed by atoms with E-state index in [1.807, 2.05) is 44.2 Å². The number of hydrogen-bond acceptors (Lipinski definition) is 4. The first-order valence-electron chi connectivity index (χ1n) is 8.59. The molecule has 6 heteroatoms. The van der Waals surface area contributed by atoms with Crippen LogP contribution in [0.25, 0.3) is 0 Å². The van der Waals surface area contributed by atoms with E-state index in [0.717, 1.165) is 22.7 Å². The summed E-state index contributed by atoms with van der Waals surface area (Å²) in [6.45, 7) is 4.44. The molecule has 27 heavy (non-hydrogen) atoms. The molecule has 0 aliphatic carbocycles. The molecule has 0 spiro atoms. The molecule has 0 atom stereocenters. The fourth-order valence-electron chi connectivity index (χ4n) is 2.50. The van der Waals surface area contributed by atoms with Gasteiger partial charge in [0.15, 0.2) is 0 Å². The van der Waals surface area contributed by atoms with Crippen LogP contribution in [-0.2, 0) is 0 Å². The average Bonchev–Trinajstić information content (AvgIpc) is 2.68. The summed E-state index contributed by atoms with van der Waals surface area (Å²) >= 11 is 6.09. The summed E-state index contributed by atoms with van der Waals surface area (Å²) in [7, 11) is 0. The summed E-state index contributed by atoms with van der Waals surface area (Å²) in [6, 6.07) is 16.5. The fourth-order valence-corrected chi connectivity index (χ4v) is 2.67. The van der Waals surface area contributed by atoms with Gasteiger partial charge in [-0.3, -0.25) is 4.79 Å². The minimum atomic E-state index is -0.284. The van der Waals surface area contributed by atoms with E-state index < -0.39 is 0 Å². The lowest BCUT2D eigenvalue weighted by atomic mass is 10.2. The van der Waals surface area contributed by atoms with Gasteiger partial charge in [-0.25, -0.2) is 4.98 Å². The van der Waals surface area contributed by atoms with Crippen molar-refractivity contribution < 1.29 is 9.53 Å². The molecular weight excluding hydrogens is 362 g/mol. The standard InChI is InChI=1S/C21H20ClN3O2/c1-3-27-17-10-7-15(8-11-17)24-16-9-12-20(23-13-16)21(26)25-19-6-4-5-18(22)14(19)2/h4-13,24H,3H2,1-2H3,(H,25,26). The largest absolute Gasteiger partial charge is 0.494 e. The van der Waals surface area contributed by atoms with Gasteiger partial charge in [-0.1, -0.05) is 17.7 Å². The fraction of sp³-hybridized carbons (Fsp3) is 0.143. The molecule has 0 aliphatic heterocycles. The zero-order valence-electron chi connectivity index (χ0n) is 15.1. The highest BCUT2D eigenvalue weighted by atomic mass is 35.5. The van der Waals surface area contributed by atoms with Crippen molar-refractivity contribution in [2.24, 2.45) is 0 Å². The van der Waals surface area contributed by atoms with Crippen LogP contribution in [0.2, 0.25) is 5.02 Å². The number of carbonyl (C=O) groups is 1. The zero-order valence-corrected chi connectivity index (χ0v) is 15.9. The Morgan fingerprint density at radius 2 is 1.81 bits per heavy atom. The van der Waals surface area contributed by atoms with Crippen LogP contribution in [0, 0.1) is 6.92 Å². The summed E-state index contributed by atoms with van der Waals surface area (Å²) in [6.07, 6.45) is 1.62. The van der Waals surface area contributed by atoms with E-state index in [1.165, 1.54) is 0 Å². The van der Waals surface area contributed by atoms with E-state index in [0.29, 0.717) is 23.0 Å². The van der Waals surface area contributed by atoms with Crippen molar-refractivity contribution >= 4 is 34.6 Å². The van der Waals surface area contributed by atoms with Crippen molar-refractivity contribution in [2.45, 2.75) is 13.8 Å². The number of nitrogens with zero attached hydrogens (tertiary/aromatic N) is 1. The van der Waals surface area contributed by atoms with E-state index in [-0.39, 0.29) is 5.91 Å². The van der Waals surface area contributed by atoms with Gasteiger partial charge >= 0.3 is 0 Å². The van der Waals surface area contributed by atoms with Crippen molar-refractivity contribution in [3.05, 3.63) is 77.1 Å². The second-order valence-corrected chi connectivity index (χ2v) is 6.29. The lowest BCUT2D eigenvalue weighted by molar-refractivity contribution is 0.102. The number of amides is 1. The number of hydrogen-bond donors (Lipinski definition) is 2. The number of carbonyl (C=O) groups excluding carboxylic acids is 1. The first-order chi connectivity index (χ1) is 13.1. The van der Waals surface area contributed by atoms with E-state index in [1.54, 1.807) is 30.5 Å². The van der Waals surface area contributed by atoms with Crippen LogP contribution in [0.3, 0.4) is 0 Å². The second kappa shape index (κ2) is 8.56. The highest BCUT2D eigenvalue weighted by Gasteiger charge is 2.10. The molecule has 0 aliphatic rings. The molecule has 0 bridgehead atoms. The van der Waals surface area contributed by atoms with Gasteiger partial charge in [0, 0.05) is 16.4 Å². The third kappa shape index (κ3) is 4.77. The maximum absolute atomic E-state index is 12.4. The summed E-state index contributed by atoms with van der Waals surface area (Å²) in [5.41, 5.74) is 3.51. The number of rotatable bonds is 6. The molecule has 2 aromatic carbocycles. The molecule has 3 rings (SSSR count). The van der Waals surface area contributed by atoms with Crippen LogP contribution in [-0.4, -0.2) is 17.5 Å². The molecule has 0 saturated heterocycles. The first kappa shape index (κ1) is 18.7. The van der Waals surface area contributed by atoms with Gasteiger partial charge in [0.25, 0.3) is 5.91 Å². The topological polar surface area (TPSA) is 63.2 Å². The van der Waals surface area contributed by atoms with Crippen molar-refractivity contribution in [2.75, 3.05) is 17.2 Å². The minimum Gasteiger partial charge on any atom is -0.494 e. The van der Waals surface area contributed by atoms with Crippen molar-refractivity contribution in [3.63, 3.8) is 0 Å². The van der Waals surface area contributed by atoms with E-state index in [4.69, 9.17) is 16.3 Å². The predicted octanol–water partition coefficient (Wildman–Crippen LogP) is 5.44. The zero-order chi connectivity index (χ0) is 19.2. The average molecular weight is 382 g/mol. The van der Waals surface area contributed by atoms with Gasteiger partial charge in [-0.05, 0) is 67.9 Å². The molecule has 1 heterocycles. The number of nitrogens with one attached hydrogen (secondary N) is 2. The lowest BCUT2D eigenvalue weighted by Crippen LogP contribution is -2.14. The minimum absolute atomic E-state index is 0.284. The Bertz CT molecular complexity index is 925. The SMILES string of the molecule is CCOc1ccc(Nc2ccc(C(=O)Nc3cccc(Cl)c3C)nc2)cc1. The molecule has 2 N–H and O–H groups in total. The molecule has 138 valence electrons. The predicted molar refractivity (Wildman–Crippen MR) is 109 cm³/mol. The summed E-state index contributed by atoms with van der Waals surface area (Å²) < 4.78 is 5.42. The molecule has 5 nitrogen and oxygen atoms in total. The van der Waals surface area contributed by atoms with Gasteiger partial charge < -0.3 is 15.4 Å². The number of halogens is 1. The van der Waals surface area contributed by atoms with Gasteiger partial charge in [-0.15, -0.1) is 0 Å². The molecule has 0 radical (unpaired) electrons. The van der Waals surface area contributed by atoms with Crippen molar-refractivity contribution in [1.29, 1.82) is 0 Å². The smallest absolute Gasteiger partial charge is 0.274 e. The van der Waals surface area contributed by atoms with Crippen molar-refractivity contribution in [1.82, 2.24) is 4.98 Å². The third-order valence-electron chi connectivity index (χ3n) is 3.97. The van der Waals surface area contributed by atoms with Crippen LogP contribution in [0.4, 0.5) is 17.1 Å². The Morgan fingerprint density at radius 3 is 2.48 bits per heavy atom. The number of anilines is 3. The molecule has 1 aromatic heterocycles. The molecule has 1 amide bonds. The van der Waals surface area contributed by atoms with Crippen LogP contribution in [0.5, 0.6) is 5.75 Å². The number of benzene rings is 2. The van der Waals surface area contributed by atoms with Crippen LogP contribution >= 0.6 is 11.6 Å². The Kier molecular flexibility index (Phi) is 5.94. The number of aromatic nitrogens is 1. The van der Waals surface area contributed by atoms with Gasteiger partial charge in [0.05, 0.1) is 18.5 Å². The third-order valence-corrected chi connectivity index (χ3v) is 4.38. The molecule has 0 saturated carbocycles. The van der Waals surface area contributed by atoms with Crippen molar-refractivity contribution in [3.8, 4) is 5.75 Å². The maximum Gasteiger partial charge on any atom is 0.274 e. The monoisotopic (exact) mass is 381 g/mol. The summed E-state index contributed by atoms with van der Waals surface area (Å²) in [4.78, 5) is 16.6. The highest BCUT2D eigenvalue weighted by molar-refractivity contribution is 6.31.